The molecular weight excluding hydrogens is 196 g/mol. The molecule has 0 aliphatic rings. The predicted octanol–water partition coefficient (Wildman–Crippen LogP) is 2.26. The lowest BCUT2D eigenvalue weighted by atomic mass is 10.5. The lowest BCUT2D eigenvalue weighted by Gasteiger charge is -1.94. The second-order valence-electron chi connectivity index (χ2n) is 1.94. The van der Waals surface area contributed by atoms with E-state index in [0.717, 1.165) is 17.6 Å². The van der Waals surface area contributed by atoms with Crippen LogP contribution in [-0.4, -0.2) is 11.7 Å². The van der Waals surface area contributed by atoms with Crippen molar-refractivity contribution < 1.29 is 4.52 Å². The first-order valence-corrected chi connectivity index (χ1v) is 3.98. The fourth-order valence-electron chi connectivity index (χ4n) is 0.585. The zero-order valence-electron chi connectivity index (χ0n) is 5.72. The second-order valence-corrected chi connectivity index (χ2v) is 2.75. The van der Waals surface area contributed by atoms with E-state index >= 15 is 0 Å². The van der Waals surface area contributed by atoms with Crippen LogP contribution >= 0.6 is 15.9 Å². The summed E-state index contributed by atoms with van der Waals surface area (Å²) >= 11 is 3.18. The van der Waals surface area contributed by atoms with E-state index in [0.29, 0.717) is 5.88 Å². The third kappa shape index (κ3) is 2.02. The summed E-state index contributed by atoms with van der Waals surface area (Å²) in [5.74, 6) is 0.716. The van der Waals surface area contributed by atoms with E-state index in [1.165, 1.54) is 0 Å². The SMILES string of the molecule is CCCNc1cc(Br)no1. The molecule has 1 aromatic heterocycles. The van der Waals surface area contributed by atoms with Crippen LogP contribution in [0.1, 0.15) is 13.3 Å². The van der Waals surface area contributed by atoms with E-state index in [-0.39, 0.29) is 0 Å². The van der Waals surface area contributed by atoms with Gasteiger partial charge in [0.25, 0.3) is 0 Å². The maximum absolute atomic E-state index is 4.86. The molecule has 0 spiro atoms. The molecule has 0 saturated heterocycles. The molecule has 1 rings (SSSR count). The minimum absolute atomic E-state index is 0.716. The number of hydrogen-bond donors (Lipinski definition) is 1. The van der Waals surface area contributed by atoms with Crippen molar-refractivity contribution in [2.75, 3.05) is 11.9 Å². The van der Waals surface area contributed by atoms with Gasteiger partial charge in [-0.15, -0.1) is 0 Å². The van der Waals surface area contributed by atoms with Gasteiger partial charge in [-0.05, 0) is 22.4 Å². The Kier molecular flexibility index (Phi) is 2.74. The van der Waals surface area contributed by atoms with Crippen LogP contribution in [0.5, 0.6) is 0 Å². The highest BCUT2D eigenvalue weighted by Crippen LogP contribution is 2.13. The van der Waals surface area contributed by atoms with Crippen molar-refractivity contribution in [2.45, 2.75) is 13.3 Å². The zero-order valence-corrected chi connectivity index (χ0v) is 7.31. The highest BCUT2D eigenvalue weighted by Gasteiger charge is 1.97. The van der Waals surface area contributed by atoms with Crippen LogP contribution in [-0.2, 0) is 0 Å². The Bertz CT molecular complexity index is 199. The summed E-state index contributed by atoms with van der Waals surface area (Å²) in [7, 11) is 0. The van der Waals surface area contributed by atoms with Gasteiger partial charge in [0.15, 0.2) is 4.60 Å². The Morgan fingerprint density at radius 3 is 3.10 bits per heavy atom. The molecule has 0 saturated carbocycles. The van der Waals surface area contributed by atoms with Crippen molar-refractivity contribution >= 4 is 21.8 Å². The third-order valence-electron chi connectivity index (χ3n) is 1.03. The second kappa shape index (κ2) is 3.61. The quantitative estimate of drug-likeness (QED) is 0.822. The molecule has 1 N–H and O–H groups in total. The molecule has 4 heteroatoms. The van der Waals surface area contributed by atoms with Gasteiger partial charge < -0.3 is 9.84 Å². The number of nitrogens with one attached hydrogen (secondary N) is 1. The van der Waals surface area contributed by atoms with E-state index in [4.69, 9.17) is 4.52 Å². The first-order valence-electron chi connectivity index (χ1n) is 3.19. The van der Waals surface area contributed by atoms with Gasteiger partial charge >= 0.3 is 0 Å². The third-order valence-corrected chi connectivity index (χ3v) is 1.40. The molecule has 0 unspecified atom stereocenters. The van der Waals surface area contributed by atoms with Gasteiger partial charge in [0.2, 0.25) is 5.88 Å². The number of hydrogen-bond acceptors (Lipinski definition) is 3. The average molecular weight is 205 g/mol. The summed E-state index contributed by atoms with van der Waals surface area (Å²) in [5.41, 5.74) is 0. The van der Waals surface area contributed by atoms with E-state index in [2.05, 4.69) is 33.3 Å². The lowest BCUT2D eigenvalue weighted by Crippen LogP contribution is -1.97. The molecule has 0 aliphatic heterocycles. The minimum atomic E-state index is 0.716. The summed E-state index contributed by atoms with van der Waals surface area (Å²) in [4.78, 5) is 0. The maximum Gasteiger partial charge on any atom is 0.225 e. The monoisotopic (exact) mass is 204 g/mol. The Hall–Kier alpha value is -0.510. The van der Waals surface area contributed by atoms with E-state index < -0.39 is 0 Å². The molecule has 0 fully saturated rings. The Morgan fingerprint density at radius 2 is 2.60 bits per heavy atom. The van der Waals surface area contributed by atoms with Crippen molar-refractivity contribution in [2.24, 2.45) is 0 Å². The molecule has 0 aromatic carbocycles. The highest BCUT2D eigenvalue weighted by molar-refractivity contribution is 9.10. The molecule has 0 radical (unpaired) electrons. The van der Waals surface area contributed by atoms with Crippen molar-refractivity contribution in [1.82, 2.24) is 5.16 Å². The first kappa shape index (κ1) is 7.60. The Labute approximate surface area is 67.9 Å². The molecule has 0 aliphatic carbocycles. The van der Waals surface area contributed by atoms with Gasteiger partial charge in [0, 0.05) is 12.6 Å². The van der Waals surface area contributed by atoms with Crippen LogP contribution in [0.15, 0.2) is 15.2 Å². The van der Waals surface area contributed by atoms with Gasteiger partial charge in [-0.2, -0.15) is 0 Å². The van der Waals surface area contributed by atoms with Gasteiger partial charge in [0.1, 0.15) is 0 Å². The van der Waals surface area contributed by atoms with Crippen molar-refractivity contribution in [3.05, 3.63) is 10.7 Å². The molecule has 0 bridgehead atoms. The topological polar surface area (TPSA) is 38.1 Å². The first-order chi connectivity index (χ1) is 4.83. The summed E-state index contributed by atoms with van der Waals surface area (Å²) in [6, 6.07) is 1.80. The average Bonchev–Trinajstić information content (AvgIpc) is 2.31. The van der Waals surface area contributed by atoms with Crippen molar-refractivity contribution in [3.8, 4) is 0 Å². The van der Waals surface area contributed by atoms with Crippen LogP contribution in [0.4, 0.5) is 5.88 Å². The van der Waals surface area contributed by atoms with Gasteiger partial charge in [-0.1, -0.05) is 12.1 Å². The summed E-state index contributed by atoms with van der Waals surface area (Å²) in [6.45, 7) is 3.01. The summed E-state index contributed by atoms with van der Waals surface area (Å²) < 4.78 is 5.59. The van der Waals surface area contributed by atoms with Crippen LogP contribution in [0.2, 0.25) is 0 Å². The molecule has 1 aromatic rings. The maximum atomic E-state index is 4.86. The van der Waals surface area contributed by atoms with Crippen LogP contribution < -0.4 is 5.32 Å². The lowest BCUT2D eigenvalue weighted by molar-refractivity contribution is 0.427. The molecule has 56 valence electrons. The van der Waals surface area contributed by atoms with Crippen LogP contribution in [0.3, 0.4) is 0 Å². The zero-order chi connectivity index (χ0) is 7.40. The standard InChI is InChI=1S/C6H9BrN2O/c1-2-3-8-6-4-5(7)9-10-6/h4,8H,2-3H2,1H3. The smallest absolute Gasteiger partial charge is 0.225 e. The molecule has 0 amide bonds. The molecule has 3 nitrogen and oxygen atoms in total. The van der Waals surface area contributed by atoms with E-state index in [1.807, 2.05) is 0 Å². The van der Waals surface area contributed by atoms with Gasteiger partial charge in [-0.3, -0.25) is 0 Å². The summed E-state index contributed by atoms with van der Waals surface area (Å²) in [5, 5.41) is 6.70. The normalized spacial score (nSPS) is 9.80. The summed E-state index contributed by atoms with van der Waals surface area (Å²) in [6.07, 6.45) is 1.08. The number of anilines is 1. The van der Waals surface area contributed by atoms with Crippen molar-refractivity contribution in [3.63, 3.8) is 0 Å². The number of rotatable bonds is 3. The molecule has 0 atom stereocenters. The van der Waals surface area contributed by atoms with Gasteiger partial charge in [-0.25, -0.2) is 0 Å². The van der Waals surface area contributed by atoms with Crippen LogP contribution in [0.25, 0.3) is 0 Å². The Morgan fingerprint density at radius 1 is 1.80 bits per heavy atom. The molecular formula is C6H9BrN2O. The van der Waals surface area contributed by atoms with Crippen molar-refractivity contribution in [1.29, 1.82) is 0 Å². The molecule has 10 heavy (non-hydrogen) atoms. The predicted molar refractivity (Wildman–Crippen MR) is 43.0 cm³/mol. The number of nitrogens with zero attached hydrogens (tertiary/aromatic N) is 1. The van der Waals surface area contributed by atoms with Crippen LogP contribution in [0, 0.1) is 0 Å². The van der Waals surface area contributed by atoms with E-state index in [9.17, 15) is 0 Å². The fourth-order valence-corrected chi connectivity index (χ4v) is 0.865. The Balaban J connectivity index is 2.42. The number of halogens is 1. The molecule has 1 heterocycles. The largest absolute Gasteiger partial charge is 0.354 e. The minimum Gasteiger partial charge on any atom is -0.354 e. The fraction of sp³-hybridized carbons (Fsp3) is 0.500. The highest BCUT2D eigenvalue weighted by atomic mass is 79.9. The van der Waals surface area contributed by atoms with E-state index in [1.54, 1.807) is 6.07 Å². The van der Waals surface area contributed by atoms with Gasteiger partial charge in [0.05, 0.1) is 0 Å². The number of aromatic nitrogens is 1.